The maximum atomic E-state index is 14.6. The second-order valence-electron chi connectivity index (χ2n) is 18.4. The Bertz CT molecular complexity index is 2590. The summed E-state index contributed by atoms with van der Waals surface area (Å²) < 4.78 is 28.9. The molecule has 5 bridgehead atoms. The molecule has 1 saturated heterocycles. The second kappa shape index (κ2) is 22.0. The van der Waals surface area contributed by atoms with Crippen LogP contribution in [0.3, 0.4) is 0 Å². The van der Waals surface area contributed by atoms with Crippen LogP contribution in [-0.4, -0.2) is 137 Å². The lowest BCUT2D eigenvalue weighted by Gasteiger charge is -2.38. The van der Waals surface area contributed by atoms with E-state index in [9.17, 15) is 44.7 Å². The molecule has 4 heterocycles. The van der Waals surface area contributed by atoms with Crippen LogP contribution < -0.4 is 25.1 Å². The van der Waals surface area contributed by atoms with E-state index in [-0.39, 0.29) is 39.9 Å². The first-order valence-corrected chi connectivity index (χ1v) is 23.1. The zero-order chi connectivity index (χ0) is 51.4. The van der Waals surface area contributed by atoms with Crippen LogP contribution in [0.15, 0.2) is 65.5 Å². The van der Waals surface area contributed by atoms with Gasteiger partial charge >= 0.3 is 11.8 Å². The lowest BCUT2D eigenvalue weighted by Crippen LogP contribution is -2.49. The average Bonchev–Trinajstić information content (AvgIpc) is 3.60. The number of anilines is 2. The predicted octanol–water partition coefficient (Wildman–Crippen LogP) is 5.04. The van der Waals surface area contributed by atoms with Crippen LogP contribution in [0.2, 0.25) is 0 Å². The number of benzene rings is 3. The minimum Gasteiger partial charge on any atom is -0.507 e. The van der Waals surface area contributed by atoms with Crippen molar-refractivity contribution in [3.63, 3.8) is 0 Å². The summed E-state index contributed by atoms with van der Waals surface area (Å²) in [7, 11) is 3.02. The summed E-state index contributed by atoms with van der Waals surface area (Å²) in [5.41, 5.74) is 2.55. The van der Waals surface area contributed by atoms with Crippen molar-refractivity contribution in [2.24, 2.45) is 28.8 Å². The van der Waals surface area contributed by atoms with Gasteiger partial charge in [-0.3, -0.25) is 24.1 Å². The number of methoxy groups -OCH3 is 2. The number of fused-ring (bicyclic) bond motifs is 14. The van der Waals surface area contributed by atoms with Crippen LogP contribution in [0.4, 0.5) is 11.4 Å². The maximum absolute atomic E-state index is 14.6. The van der Waals surface area contributed by atoms with Crippen molar-refractivity contribution >= 4 is 51.9 Å². The van der Waals surface area contributed by atoms with E-state index in [4.69, 9.17) is 23.7 Å². The molecule has 2 amide bonds. The van der Waals surface area contributed by atoms with E-state index in [0.29, 0.717) is 26.2 Å². The smallest absolute Gasteiger partial charge is 0.312 e. The zero-order valence-electron chi connectivity index (χ0n) is 41.2. The molecule has 0 aliphatic carbocycles. The average molecular weight is 972 g/mol. The maximum Gasteiger partial charge on any atom is 0.312 e. The molecule has 4 aliphatic rings. The van der Waals surface area contributed by atoms with E-state index in [1.807, 2.05) is 29.2 Å². The molecule has 3 aromatic rings. The fourth-order valence-corrected chi connectivity index (χ4v) is 9.24. The van der Waals surface area contributed by atoms with Gasteiger partial charge in [0.05, 0.1) is 66.6 Å². The predicted molar refractivity (Wildman–Crippen MR) is 261 cm³/mol. The SMILES string of the molecule is COc1ccc(N2CCN(CC(=O)N/N=C/c3c4c(O)c5c(O)c(C)c6c(c5c3O)C(=O)[C@@](C)(O/C=C/[C@H](OC)[C@@H](C)[C@@H](OC(C)=O)[C@H](C)[C@H](O)[C@H](C)[C@@H](O)[C@@H](C)/C=C/C=C(/C)C(=O)N4)O6)CC2)cc1. The number of aliphatic hydroxyl groups excluding tert-OH is 2. The number of ether oxygens (including phenoxy) is 5. The molecule has 0 spiro atoms. The van der Waals surface area contributed by atoms with E-state index < -0.39 is 106 Å². The van der Waals surface area contributed by atoms with Crippen LogP contribution >= 0.6 is 0 Å². The molecule has 9 atom stereocenters. The second-order valence-corrected chi connectivity index (χ2v) is 18.4. The summed E-state index contributed by atoms with van der Waals surface area (Å²) in [6.45, 7) is 14.8. The van der Waals surface area contributed by atoms with E-state index >= 15 is 0 Å². The third-order valence-electron chi connectivity index (χ3n) is 13.6. The van der Waals surface area contributed by atoms with Crippen molar-refractivity contribution < 1.29 is 68.4 Å². The van der Waals surface area contributed by atoms with Gasteiger partial charge < -0.3 is 59.4 Å². The highest BCUT2D eigenvalue weighted by atomic mass is 16.7. The van der Waals surface area contributed by atoms with E-state index in [2.05, 4.69) is 20.7 Å². The van der Waals surface area contributed by atoms with Crippen LogP contribution in [0.25, 0.3) is 10.8 Å². The van der Waals surface area contributed by atoms with Crippen molar-refractivity contribution in [3.8, 4) is 28.7 Å². The fraction of sp³-hybridized carbons (Fsp3) is 0.471. The van der Waals surface area contributed by atoms with Gasteiger partial charge in [0.25, 0.3) is 17.6 Å². The summed E-state index contributed by atoms with van der Waals surface area (Å²) in [5, 5.41) is 64.8. The number of ketones is 1. The van der Waals surface area contributed by atoms with Crippen molar-refractivity contribution in [1.82, 2.24) is 10.3 Å². The van der Waals surface area contributed by atoms with E-state index in [0.717, 1.165) is 17.7 Å². The minimum atomic E-state index is -2.12. The number of piperazine rings is 1. The first kappa shape index (κ1) is 52.7. The third kappa shape index (κ3) is 10.9. The Morgan fingerprint density at radius 1 is 0.914 bits per heavy atom. The number of carbonyl (C=O) groups is 4. The van der Waals surface area contributed by atoms with Gasteiger partial charge in [-0.2, -0.15) is 5.10 Å². The summed E-state index contributed by atoms with van der Waals surface area (Å²) in [6, 6.07) is 7.71. The first-order valence-electron chi connectivity index (χ1n) is 23.1. The van der Waals surface area contributed by atoms with Crippen LogP contribution in [0.1, 0.15) is 70.0 Å². The molecule has 19 nitrogen and oxygen atoms in total. The molecule has 0 aromatic heterocycles. The Balaban J connectivity index is 1.38. The number of allylic oxidation sites excluding steroid dienone is 2. The minimum absolute atomic E-state index is 0.00456. The standard InChI is InChI=1S/C51H65N5O14/c1-26-12-11-13-27(2)50(65)53-41-35(24-52-54-37(58)25-55-19-21-56(22-20-55)33-14-16-34(66-9)17-15-33)45(62)38-39(46(41)63)44(61)31(6)48-40(38)49(64)51(8,70-48)68-23-18-36(67-10)28(3)47(69-32(7)57)30(5)43(60)29(4)42(26)59/h11-18,23-24,26,28-30,36,42-43,47,59-63H,19-22,25H2,1-10H3,(H,53,65)(H,54,58)/b12-11+,23-18+,27-13-,52-24+/t26-,28+,29+,30+,36-,42-,43+,47+,51-/m0/s1. The van der Waals surface area contributed by atoms with Gasteiger partial charge in [-0.25, -0.2) is 5.43 Å². The van der Waals surface area contributed by atoms with Gasteiger partial charge in [-0.15, -0.1) is 0 Å². The number of aromatic hydroxyl groups is 3. The number of nitrogens with zero attached hydrogens (tertiary/aromatic N) is 3. The number of phenols is 3. The topological polar surface area (TPSA) is 258 Å². The highest BCUT2D eigenvalue weighted by molar-refractivity contribution is 6.24. The Morgan fingerprint density at radius 2 is 1.59 bits per heavy atom. The molecule has 7 N–H and O–H groups in total. The Labute approximate surface area is 407 Å². The molecular formula is C51H65N5O14. The summed E-state index contributed by atoms with van der Waals surface area (Å²) in [4.78, 5) is 58.2. The molecule has 0 saturated carbocycles. The van der Waals surface area contributed by atoms with Crippen LogP contribution in [0, 0.1) is 30.6 Å². The number of aliphatic hydroxyl groups is 2. The molecule has 70 heavy (non-hydrogen) atoms. The highest BCUT2D eigenvalue weighted by Crippen LogP contribution is 2.55. The molecule has 0 unspecified atom stereocenters. The molecule has 4 aliphatic heterocycles. The van der Waals surface area contributed by atoms with Crippen molar-refractivity contribution in [2.45, 2.75) is 85.6 Å². The Kier molecular flexibility index (Phi) is 16.5. The monoisotopic (exact) mass is 971 g/mol. The largest absolute Gasteiger partial charge is 0.507 e. The quantitative estimate of drug-likeness (QED) is 0.0513. The van der Waals surface area contributed by atoms with Gasteiger partial charge in [0, 0.05) is 93.0 Å². The lowest BCUT2D eigenvalue weighted by molar-refractivity contribution is -0.160. The van der Waals surface area contributed by atoms with E-state index in [1.54, 1.807) is 47.0 Å². The fourth-order valence-electron chi connectivity index (χ4n) is 9.24. The van der Waals surface area contributed by atoms with Crippen LogP contribution in [-0.2, 0) is 28.6 Å². The van der Waals surface area contributed by atoms with Gasteiger partial charge in [0.2, 0.25) is 0 Å². The first-order chi connectivity index (χ1) is 33.1. The molecular weight excluding hydrogens is 907 g/mol. The Morgan fingerprint density at radius 3 is 2.21 bits per heavy atom. The molecule has 3 aromatic carbocycles. The molecule has 7 rings (SSSR count). The molecule has 0 radical (unpaired) electrons. The Hall–Kier alpha value is -6.67. The number of hydrogen-bond acceptors (Lipinski definition) is 17. The zero-order valence-corrected chi connectivity index (χ0v) is 41.2. The number of hydrazone groups is 1. The van der Waals surface area contributed by atoms with Crippen LogP contribution in [0.5, 0.6) is 28.7 Å². The summed E-state index contributed by atoms with van der Waals surface area (Å²) >= 11 is 0. The van der Waals surface area contributed by atoms with Gasteiger partial charge in [-0.1, -0.05) is 45.9 Å². The number of Topliss-reactive ketones (excluding diaryl/α,β-unsaturated/α-hetero) is 1. The number of rotatable bonds is 8. The van der Waals surface area contributed by atoms with Crippen molar-refractivity contribution in [3.05, 3.63) is 77.1 Å². The van der Waals surface area contributed by atoms with Gasteiger partial charge in [-0.05, 0) is 44.2 Å². The van der Waals surface area contributed by atoms with Crippen molar-refractivity contribution in [2.75, 3.05) is 57.2 Å². The number of nitrogens with one attached hydrogen (secondary N) is 2. The number of esters is 1. The summed E-state index contributed by atoms with van der Waals surface area (Å²) in [6.07, 6.45) is 4.24. The van der Waals surface area contributed by atoms with Gasteiger partial charge in [0.15, 0.2) is 5.75 Å². The van der Waals surface area contributed by atoms with Crippen molar-refractivity contribution in [1.29, 1.82) is 0 Å². The normalized spacial score (nSPS) is 28.7. The number of carbonyl (C=O) groups excluding carboxylic acids is 4. The van der Waals surface area contributed by atoms with Gasteiger partial charge in [0.1, 0.15) is 29.1 Å². The molecule has 1 fully saturated rings. The number of phenolic OH excluding ortho intramolecular Hbond substituents is 3. The number of amides is 2. The lowest BCUT2D eigenvalue weighted by atomic mass is 9.78. The molecule has 378 valence electrons. The third-order valence-corrected chi connectivity index (χ3v) is 13.6. The molecule has 19 heteroatoms. The van der Waals surface area contributed by atoms with E-state index in [1.165, 1.54) is 53.2 Å². The number of hydrogen-bond donors (Lipinski definition) is 7. The summed E-state index contributed by atoms with van der Waals surface area (Å²) in [5.74, 6) is -8.91. The highest BCUT2D eigenvalue weighted by Gasteiger charge is 2.50.